The standard InChI is InChI=1S/C17H17FN2O4S/c1-9-4-6-12(7-5-9)25(23,24)20-14(17(21)22)8-13-10(2)15(18)11(3)19-16(13)20/h4-8,17,21-22H,1-3H3. The number of halogens is 1. The maximum atomic E-state index is 14.1. The Balaban J connectivity index is 2.42. The van der Waals surface area contributed by atoms with Crippen molar-refractivity contribution in [3.8, 4) is 0 Å². The molecular weight excluding hydrogens is 347 g/mol. The minimum Gasteiger partial charge on any atom is -0.363 e. The minimum absolute atomic E-state index is 0.0288. The number of hydrogen-bond donors (Lipinski definition) is 2. The lowest BCUT2D eigenvalue weighted by molar-refractivity contribution is -0.0461. The van der Waals surface area contributed by atoms with E-state index in [1.807, 2.05) is 6.92 Å². The van der Waals surface area contributed by atoms with Crippen LogP contribution >= 0.6 is 0 Å². The van der Waals surface area contributed by atoms with Crippen LogP contribution in [0.15, 0.2) is 35.2 Å². The number of aliphatic hydroxyl groups excluding tert-OH is 1. The Kier molecular flexibility index (Phi) is 4.14. The molecule has 3 aromatic rings. The highest BCUT2D eigenvalue weighted by molar-refractivity contribution is 7.90. The zero-order chi connectivity index (χ0) is 18.5. The molecule has 0 bridgehead atoms. The molecule has 25 heavy (non-hydrogen) atoms. The summed E-state index contributed by atoms with van der Waals surface area (Å²) in [5.74, 6) is -0.559. The molecule has 0 fully saturated rings. The van der Waals surface area contributed by atoms with Crippen LogP contribution < -0.4 is 0 Å². The number of benzene rings is 1. The average molecular weight is 364 g/mol. The largest absolute Gasteiger partial charge is 0.363 e. The van der Waals surface area contributed by atoms with Gasteiger partial charge in [-0.2, -0.15) is 0 Å². The summed E-state index contributed by atoms with van der Waals surface area (Å²) in [4.78, 5) is 4.01. The highest BCUT2D eigenvalue weighted by Gasteiger charge is 2.28. The van der Waals surface area contributed by atoms with Crippen molar-refractivity contribution >= 4 is 21.1 Å². The van der Waals surface area contributed by atoms with Crippen LogP contribution in [-0.2, 0) is 10.0 Å². The van der Waals surface area contributed by atoms with Gasteiger partial charge < -0.3 is 10.2 Å². The van der Waals surface area contributed by atoms with Gasteiger partial charge in [-0.1, -0.05) is 17.7 Å². The van der Waals surface area contributed by atoms with E-state index < -0.39 is 22.1 Å². The monoisotopic (exact) mass is 364 g/mol. The molecule has 0 radical (unpaired) electrons. The van der Waals surface area contributed by atoms with Crippen LogP contribution in [0.5, 0.6) is 0 Å². The SMILES string of the molecule is Cc1ccc(S(=O)(=O)n2c(C(O)O)cc3c(C)c(F)c(C)nc32)cc1. The number of fused-ring (bicyclic) bond motifs is 1. The molecule has 8 heteroatoms. The number of nitrogens with zero attached hydrogens (tertiary/aromatic N) is 2. The lowest BCUT2D eigenvalue weighted by Crippen LogP contribution is -2.18. The van der Waals surface area contributed by atoms with Gasteiger partial charge in [-0.05, 0) is 44.5 Å². The molecule has 0 saturated carbocycles. The van der Waals surface area contributed by atoms with E-state index in [0.717, 1.165) is 9.54 Å². The Morgan fingerprint density at radius 3 is 2.28 bits per heavy atom. The third kappa shape index (κ3) is 2.72. The zero-order valence-corrected chi connectivity index (χ0v) is 14.7. The number of aliphatic hydroxyl groups is 2. The molecule has 2 N–H and O–H groups in total. The van der Waals surface area contributed by atoms with Gasteiger partial charge in [-0.3, -0.25) is 0 Å². The lowest BCUT2D eigenvalue weighted by Gasteiger charge is -2.13. The van der Waals surface area contributed by atoms with E-state index in [2.05, 4.69) is 4.98 Å². The predicted octanol–water partition coefficient (Wildman–Crippen LogP) is 2.32. The molecule has 0 spiro atoms. The Bertz CT molecular complexity index is 1070. The van der Waals surface area contributed by atoms with E-state index >= 15 is 0 Å². The van der Waals surface area contributed by atoms with Crippen molar-refractivity contribution < 1.29 is 23.0 Å². The van der Waals surface area contributed by atoms with Gasteiger partial charge in [0.2, 0.25) is 0 Å². The molecule has 2 heterocycles. The van der Waals surface area contributed by atoms with Crippen LogP contribution in [0.1, 0.15) is 28.8 Å². The fraction of sp³-hybridized carbons (Fsp3) is 0.235. The zero-order valence-electron chi connectivity index (χ0n) is 13.9. The number of hydrogen-bond acceptors (Lipinski definition) is 5. The minimum atomic E-state index is -4.15. The van der Waals surface area contributed by atoms with Gasteiger partial charge in [0.1, 0.15) is 5.82 Å². The van der Waals surface area contributed by atoms with Crippen molar-refractivity contribution in [2.75, 3.05) is 0 Å². The fourth-order valence-electron chi connectivity index (χ4n) is 2.73. The summed E-state index contributed by atoms with van der Waals surface area (Å²) in [6.07, 6.45) is -2.06. The first kappa shape index (κ1) is 17.5. The van der Waals surface area contributed by atoms with Crippen LogP contribution in [0.2, 0.25) is 0 Å². The summed E-state index contributed by atoms with van der Waals surface area (Å²) in [6.45, 7) is 4.73. The van der Waals surface area contributed by atoms with Crippen LogP contribution in [0, 0.1) is 26.6 Å². The molecule has 0 amide bonds. The summed E-state index contributed by atoms with van der Waals surface area (Å²) in [5.41, 5.74) is 0.770. The van der Waals surface area contributed by atoms with E-state index in [1.54, 1.807) is 12.1 Å². The summed E-state index contributed by atoms with van der Waals surface area (Å²) >= 11 is 0. The summed E-state index contributed by atoms with van der Waals surface area (Å²) in [6, 6.07) is 7.35. The Labute approximate surface area is 144 Å². The summed E-state index contributed by atoms with van der Waals surface area (Å²) in [7, 11) is -4.15. The number of aryl methyl sites for hydroxylation is 3. The van der Waals surface area contributed by atoms with Crippen molar-refractivity contribution in [3.05, 3.63) is 58.7 Å². The number of aromatic nitrogens is 2. The van der Waals surface area contributed by atoms with Crippen LogP contribution in [0.25, 0.3) is 11.0 Å². The smallest absolute Gasteiger partial charge is 0.269 e. The Morgan fingerprint density at radius 2 is 1.72 bits per heavy atom. The molecule has 0 atom stereocenters. The Morgan fingerprint density at radius 1 is 1.12 bits per heavy atom. The second kappa shape index (κ2) is 5.91. The van der Waals surface area contributed by atoms with Crippen molar-refractivity contribution in [1.82, 2.24) is 8.96 Å². The van der Waals surface area contributed by atoms with E-state index in [9.17, 15) is 23.0 Å². The van der Waals surface area contributed by atoms with Crippen molar-refractivity contribution in [1.29, 1.82) is 0 Å². The van der Waals surface area contributed by atoms with Gasteiger partial charge >= 0.3 is 0 Å². The second-order valence-corrected chi connectivity index (χ2v) is 7.69. The van der Waals surface area contributed by atoms with E-state index in [1.165, 1.54) is 32.0 Å². The van der Waals surface area contributed by atoms with E-state index in [-0.39, 0.29) is 32.9 Å². The van der Waals surface area contributed by atoms with Gasteiger partial charge in [-0.15, -0.1) is 0 Å². The summed E-state index contributed by atoms with van der Waals surface area (Å²) in [5, 5.41) is 19.5. The van der Waals surface area contributed by atoms with Gasteiger partial charge in [0, 0.05) is 5.39 Å². The highest BCUT2D eigenvalue weighted by Crippen LogP contribution is 2.31. The van der Waals surface area contributed by atoms with Gasteiger partial charge in [0.25, 0.3) is 10.0 Å². The fourth-order valence-corrected chi connectivity index (χ4v) is 4.21. The number of pyridine rings is 1. The highest BCUT2D eigenvalue weighted by atomic mass is 32.2. The molecule has 0 aliphatic heterocycles. The molecular formula is C17H17FN2O4S. The Hall–Kier alpha value is -2.29. The van der Waals surface area contributed by atoms with Crippen LogP contribution in [-0.4, -0.2) is 27.6 Å². The molecule has 1 aromatic carbocycles. The van der Waals surface area contributed by atoms with Crippen molar-refractivity contribution in [2.45, 2.75) is 32.0 Å². The van der Waals surface area contributed by atoms with Gasteiger partial charge in [0.15, 0.2) is 11.9 Å². The first-order chi connectivity index (χ1) is 11.6. The third-order valence-corrected chi connectivity index (χ3v) is 5.84. The molecule has 6 nitrogen and oxygen atoms in total. The maximum Gasteiger partial charge on any atom is 0.269 e. The predicted molar refractivity (Wildman–Crippen MR) is 90.1 cm³/mol. The van der Waals surface area contributed by atoms with Crippen LogP contribution in [0.4, 0.5) is 4.39 Å². The molecule has 3 rings (SSSR count). The van der Waals surface area contributed by atoms with Crippen molar-refractivity contribution in [2.24, 2.45) is 0 Å². The quantitative estimate of drug-likeness (QED) is 0.696. The maximum absolute atomic E-state index is 14.1. The molecule has 2 aromatic heterocycles. The molecule has 0 saturated heterocycles. The van der Waals surface area contributed by atoms with Gasteiger partial charge in [-0.25, -0.2) is 21.8 Å². The van der Waals surface area contributed by atoms with Crippen LogP contribution in [0.3, 0.4) is 0 Å². The first-order valence-electron chi connectivity index (χ1n) is 7.51. The summed E-state index contributed by atoms with van der Waals surface area (Å²) < 4.78 is 41.0. The normalized spacial score (nSPS) is 12.3. The number of rotatable bonds is 3. The first-order valence-corrected chi connectivity index (χ1v) is 8.95. The second-order valence-electron chi connectivity index (χ2n) is 5.90. The van der Waals surface area contributed by atoms with E-state index in [4.69, 9.17) is 0 Å². The average Bonchev–Trinajstić information content (AvgIpc) is 2.93. The molecule has 0 aliphatic rings. The van der Waals surface area contributed by atoms with Gasteiger partial charge in [0.05, 0.1) is 16.3 Å². The molecule has 132 valence electrons. The lowest BCUT2D eigenvalue weighted by atomic mass is 10.1. The molecule has 0 aliphatic carbocycles. The van der Waals surface area contributed by atoms with Crippen molar-refractivity contribution in [3.63, 3.8) is 0 Å². The molecule has 0 unspecified atom stereocenters. The topological polar surface area (TPSA) is 92.4 Å². The third-order valence-electron chi connectivity index (χ3n) is 4.11. The van der Waals surface area contributed by atoms with E-state index in [0.29, 0.717) is 0 Å².